The Morgan fingerprint density at radius 3 is 2.47 bits per heavy atom. The van der Waals surface area contributed by atoms with Gasteiger partial charge in [0, 0.05) is 21.8 Å². The molecule has 4 aromatic rings. The zero-order valence-electron chi connectivity index (χ0n) is 16.8. The molecule has 0 aliphatic heterocycles. The maximum atomic E-state index is 13.5. The highest BCUT2D eigenvalue weighted by molar-refractivity contribution is 6.30. The van der Waals surface area contributed by atoms with Crippen LogP contribution in [0.5, 0.6) is 0 Å². The Morgan fingerprint density at radius 2 is 1.77 bits per heavy atom. The molecule has 0 atom stereocenters. The van der Waals surface area contributed by atoms with E-state index in [1.807, 2.05) is 37.3 Å². The number of carbonyl (C=O) groups excluding carboxylic acids is 1. The number of halogens is 1. The number of nitrogens with zero attached hydrogens (tertiary/aromatic N) is 4. The van der Waals surface area contributed by atoms with E-state index in [2.05, 4.69) is 15.1 Å². The molecular formula is C22H20ClN5O2. The minimum atomic E-state index is -0.244. The molecule has 0 saturated heterocycles. The SMILES string of the molecule is Cc1ccccc1C(=O)N(Cc1ccc(Cl)cc1)c1nc2nc(C)c(C)c(=O)n2[nH]1. The molecule has 0 fully saturated rings. The Kier molecular flexibility index (Phi) is 5.13. The summed E-state index contributed by atoms with van der Waals surface area (Å²) in [7, 11) is 0. The van der Waals surface area contributed by atoms with Gasteiger partial charge in [0.15, 0.2) is 0 Å². The number of aromatic nitrogens is 4. The highest BCUT2D eigenvalue weighted by atomic mass is 35.5. The third kappa shape index (κ3) is 3.59. The van der Waals surface area contributed by atoms with Gasteiger partial charge < -0.3 is 0 Å². The summed E-state index contributed by atoms with van der Waals surface area (Å²) >= 11 is 6.00. The van der Waals surface area contributed by atoms with E-state index in [1.54, 1.807) is 32.0 Å². The van der Waals surface area contributed by atoms with Gasteiger partial charge in [-0.2, -0.15) is 9.50 Å². The van der Waals surface area contributed by atoms with Crippen molar-refractivity contribution < 1.29 is 4.79 Å². The van der Waals surface area contributed by atoms with Crippen molar-refractivity contribution in [2.24, 2.45) is 0 Å². The molecule has 0 radical (unpaired) electrons. The van der Waals surface area contributed by atoms with Gasteiger partial charge in [0.25, 0.3) is 17.2 Å². The lowest BCUT2D eigenvalue weighted by atomic mass is 10.1. The standard InChI is InChI=1S/C22H20ClN5O2/c1-13-6-4-5-7-18(13)20(30)27(12-16-8-10-17(23)11-9-16)22-25-21-24-15(3)14(2)19(29)28(21)26-22/h4-11H,12H2,1-3H3,(H,24,25,26). The quantitative estimate of drug-likeness (QED) is 0.542. The van der Waals surface area contributed by atoms with E-state index in [9.17, 15) is 9.59 Å². The van der Waals surface area contributed by atoms with Gasteiger partial charge in [0.05, 0.1) is 6.54 Å². The average molecular weight is 422 g/mol. The van der Waals surface area contributed by atoms with Crippen molar-refractivity contribution in [1.29, 1.82) is 0 Å². The van der Waals surface area contributed by atoms with E-state index in [4.69, 9.17) is 11.6 Å². The number of rotatable bonds is 4. The Hall–Kier alpha value is -3.45. The number of aromatic amines is 1. The predicted octanol–water partition coefficient (Wildman–Crippen LogP) is 3.84. The zero-order chi connectivity index (χ0) is 21.4. The minimum absolute atomic E-state index is 0.219. The molecule has 2 heterocycles. The monoisotopic (exact) mass is 421 g/mol. The number of H-pyrrole nitrogens is 1. The van der Waals surface area contributed by atoms with E-state index in [1.165, 1.54) is 9.42 Å². The first kappa shape index (κ1) is 19.8. The number of fused-ring (bicyclic) bond motifs is 1. The molecule has 30 heavy (non-hydrogen) atoms. The minimum Gasteiger partial charge on any atom is -0.272 e. The van der Waals surface area contributed by atoms with Crippen molar-refractivity contribution >= 4 is 29.2 Å². The van der Waals surface area contributed by atoms with Crippen LogP contribution < -0.4 is 10.5 Å². The van der Waals surface area contributed by atoms with Crippen LogP contribution in [0.3, 0.4) is 0 Å². The fourth-order valence-corrected chi connectivity index (χ4v) is 3.31. The largest absolute Gasteiger partial charge is 0.277 e. The summed E-state index contributed by atoms with van der Waals surface area (Å²) in [5.74, 6) is 0.230. The number of benzene rings is 2. The Bertz CT molecular complexity index is 1310. The Morgan fingerprint density at radius 1 is 1.07 bits per heavy atom. The van der Waals surface area contributed by atoms with E-state index in [0.29, 0.717) is 21.8 Å². The fraction of sp³-hybridized carbons (Fsp3) is 0.182. The zero-order valence-corrected chi connectivity index (χ0v) is 17.6. The van der Waals surface area contributed by atoms with Crippen LogP contribution in [0.25, 0.3) is 5.78 Å². The molecule has 2 aromatic heterocycles. The van der Waals surface area contributed by atoms with Crippen LogP contribution in [0.15, 0.2) is 53.3 Å². The maximum Gasteiger partial charge on any atom is 0.277 e. The molecule has 4 rings (SSSR count). The van der Waals surface area contributed by atoms with Crippen molar-refractivity contribution in [2.75, 3.05) is 4.90 Å². The lowest BCUT2D eigenvalue weighted by molar-refractivity contribution is 0.0983. The third-order valence-electron chi connectivity index (χ3n) is 5.08. The van der Waals surface area contributed by atoms with E-state index in [0.717, 1.165) is 11.1 Å². The molecule has 1 N–H and O–H groups in total. The second kappa shape index (κ2) is 7.76. The van der Waals surface area contributed by atoms with Crippen LogP contribution in [0, 0.1) is 20.8 Å². The van der Waals surface area contributed by atoms with E-state index < -0.39 is 0 Å². The number of carbonyl (C=O) groups is 1. The molecule has 0 saturated carbocycles. The number of nitrogens with one attached hydrogen (secondary N) is 1. The molecule has 0 spiro atoms. The molecule has 2 aromatic carbocycles. The summed E-state index contributed by atoms with van der Waals surface area (Å²) in [4.78, 5) is 36.4. The molecule has 1 amide bonds. The fourth-order valence-electron chi connectivity index (χ4n) is 3.19. The van der Waals surface area contributed by atoms with Crippen molar-refractivity contribution in [3.8, 4) is 0 Å². The highest BCUT2D eigenvalue weighted by Crippen LogP contribution is 2.20. The third-order valence-corrected chi connectivity index (χ3v) is 5.33. The average Bonchev–Trinajstić information content (AvgIpc) is 3.15. The Balaban J connectivity index is 1.84. The van der Waals surface area contributed by atoms with Crippen molar-refractivity contribution in [2.45, 2.75) is 27.3 Å². The van der Waals surface area contributed by atoms with Crippen LogP contribution in [0.4, 0.5) is 5.95 Å². The van der Waals surface area contributed by atoms with Crippen LogP contribution >= 0.6 is 11.6 Å². The van der Waals surface area contributed by atoms with Crippen LogP contribution in [0.1, 0.15) is 32.7 Å². The van der Waals surface area contributed by atoms with Gasteiger partial charge in [-0.1, -0.05) is 41.9 Å². The summed E-state index contributed by atoms with van der Waals surface area (Å²) in [5, 5.41) is 3.56. The second-order valence-electron chi connectivity index (χ2n) is 7.14. The first-order valence-electron chi connectivity index (χ1n) is 9.43. The smallest absolute Gasteiger partial charge is 0.272 e. The summed E-state index contributed by atoms with van der Waals surface area (Å²) in [6.45, 7) is 5.60. The lowest BCUT2D eigenvalue weighted by Gasteiger charge is -2.21. The first-order chi connectivity index (χ1) is 14.3. The molecular weight excluding hydrogens is 402 g/mol. The second-order valence-corrected chi connectivity index (χ2v) is 7.58. The van der Waals surface area contributed by atoms with Crippen LogP contribution in [-0.4, -0.2) is 25.5 Å². The van der Waals surface area contributed by atoms with Gasteiger partial charge in [-0.3, -0.25) is 19.6 Å². The first-order valence-corrected chi connectivity index (χ1v) is 9.81. The van der Waals surface area contributed by atoms with Gasteiger partial charge in [-0.25, -0.2) is 4.98 Å². The number of anilines is 1. The van der Waals surface area contributed by atoms with E-state index >= 15 is 0 Å². The van der Waals surface area contributed by atoms with Gasteiger partial charge in [0.1, 0.15) is 0 Å². The molecule has 0 unspecified atom stereocenters. The maximum absolute atomic E-state index is 13.5. The number of amides is 1. The summed E-state index contributed by atoms with van der Waals surface area (Å²) in [6, 6.07) is 14.6. The van der Waals surface area contributed by atoms with Gasteiger partial charge in [0.2, 0.25) is 5.95 Å². The van der Waals surface area contributed by atoms with Gasteiger partial charge in [-0.05, 0) is 50.1 Å². The summed E-state index contributed by atoms with van der Waals surface area (Å²) in [5.41, 5.74) is 3.16. The summed E-state index contributed by atoms with van der Waals surface area (Å²) in [6.07, 6.45) is 0. The van der Waals surface area contributed by atoms with Gasteiger partial charge in [-0.15, -0.1) is 0 Å². The molecule has 8 heteroatoms. The van der Waals surface area contributed by atoms with Crippen molar-refractivity contribution in [3.63, 3.8) is 0 Å². The normalized spacial score (nSPS) is 11.1. The highest BCUT2D eigenvalue weighted by Gasteiger charge is 2.24. The van der Waals surface area contributed by atoms with E-state index in [-0.39, 0.29) is 29.7 Å². The summed E-state index contributed by atoms with van der Waals surface area (Å²) < 4.78 is 1.26. The predicted molar refractivity (Wildman–Crippen MR) is 116 cm³/mol. The topological polar surface area (TPSA) is 83.4 Å². The Labute approximate surface area is 178 Å². The van der Waals surface area contributed by atoms with Crippen LogP contribution in [-0.2, 0) is 6.54 Å². The molecule has 7 nitrogen and oxygen atoms in total. The molecule has 0 aliphatic rings. The number of hydrogen-bond acceptors (Lipinski definition) is 4. The lowest BCUT2D eigenvalue weighted by Crippen LogP contribution is -2.32. The number of hydrogen-bond donors (Lipinski definition) is 1. The van der Waals surface area contributed by atoms with Gasteiger partial charge >= 0.3 is 0 Å². The molecule has 152 valence electrons. The van der Waals surface area contributed by atoms with Crippen molar-refractivity contribution in [1.82, 2.24) is 19.6 Å². The molecule has 0 aliphatic carbocycles. The molecule has 0 bridgehead atoms. The van der Waals surface area contributed by atoms with Crippen LogP contribution in [0.2, 0.25) is 5.02 Å². The van der Waals surface area contributed by atoms with Crippen molar-refractivity contribution in [3.05, 3.63) is 91.9 Å². The number of aryl methyl sites for hydroxylation is 2.